The Morgan fingerprint density at radius 3 is 2.69 bits per heavy atom. The first-order valence-corrected chi connectivity index (χ1v) is 12.0. The maximum atomic E-state index is 13.0. The molecule has 8 nitrogen and oxygen atoms in total. The molecule has 0 spiro atoms. The van der Waals surface area contributed by atoms with Crippen molar-refractivity contribution in [2.45, 2.75) is 50.0 Å². The van der Waals surface area contributed by atoms with Crippen molar-refractivity contribution >= 4 is 15.9 Å². The van der Waals surface area contributed by atoms with Crippen LogP contribution in [0.25, 0.3) is 0 Å². The van der Waals surface area contributed by atoms with E-state index in [1.807, 2.05) is 24.3 Å². The zero-order valence-corrected chi connectivity index (χ0v) is 17.4. The lowest BCUT2D eigenvalue weighted by Crippen LogP contribution is -2.59. The highest BCUT2D eigenvalue weighted by atomic mass is 32.2. The van der Waals surface area contributed by atoms with E-state index in [0.29, 0.717) is 25.3 Å². The van der Waals surface area contributed by atoms with Gasteiger partial charge in [0.15, 0.2) is 6.61 Å². The fourth-order valence-corrected chi connectivity index (χ4v) is 5.25. The summed E-state index contributed by atoms with van der Waals surface area (Å²) < 4.78 is 44.4. The number of fused-ring (bicyclic) bond motifs is 5. The second kappa shape index (κ2) is 8.59. The van der Waals surface area contributed by atoms with Crippen LogP contribution in [0.1, 0.15) is 37.4 Å². The van der Waals surface area contributed by atoms with Crippen molar-refractivity contribution in [3.8, 4) is 5.75 Å². The van der Waals surface area contributed by atoms with Crippen molar-refractivity contribution in [1.29, 1.82) is 0 Å². The first-order valence-electron chi connectivity index (χ1n) is 10.1. The predicted molar refractivity (Wildman–Crippen MR) is 106 cm³/mol. The van der Waals surface area contributed by atoms with Gasteiger partial charge in [-0.2, -0.15) is 0 Å². The summed E-state index contributed by atoms with van der Waals surface area (Å²) in [5.41, 5.74) is 0.949. The summed E-state index contributed by atoms with van der Waals surface area (Å²) in [4.78, 5) is 14.7. The van der Waals surface area contributed by atoms with E-state index < -0.39 is 10.0 Å². The average Bonchev–Trinajstić information content (AvgIpc) is 2.71. The second-order valence-corrected chi connectivity index (χ2v) is 9.75. The molecule has 1 aromatic carbocycles. The lowest BCUT2D eigenvalue weighted by Gasteiger charge is -2.41. The van der Waals surface area contributed by atoms with Crippen LogP contribution in [0, 0.1) is 0 Å². The van der Waals surface area contributed by atoms with Crippen LogP contribution in [0.5, 0.6) is 5.75 Å². The van der Waals surface area contributed by atoms with Gasteiger partial charge < -0.3 is 19.1 Å². The van der Waals surface area contributed by atoms with Crippen LogP contribution in [0.3, 0.4) is 0 Å². The molecule has 2 bridgehead atoms. The zero-order valence-electron chi connectivity index (χ0n) is 16.6. The number of rotatable bonds is 2. The molecule has 9 heteroatoms. The molecule has 0 radical (unpaired) electrons. The molecule has 0 saturated carbocycles. The summed E-state index contributed by atoms with van der Waals surface area (Å²) in [5, 5.41) is 0. The van der Waals surface area contributed by atoms with E-state index in [-0.39, 0.29) is 43.4 Å². The summed E-state index contributed by atoms with van der Waals surface area (Å²) in [6, 6.07) is 6.90. The minimum Gasteiger partial charge on any atom is -0.483 e. The Bertz CT molecular complexity index is 837. The van der Waals surface area contributed by atoms with E-state index in [9.17, 15) is 13.2 Å². The number of hydrogen-bond acceptors (Lipinski definition) is 6. The smallest absolute Gasteiger partial charge is 0.260 e. The average molecular weight is 425 g/mol. The predicted octanol–water partition coefficient (Wildman–Crippen LogP) is 1.22. The molecule has 29 heavy (non-hydrogen) atoms. The van der Waals surface area contributed by atoms with Crippen LogP contribution in [-0.4, -0.2) is 70.0 Å². The number of sulfonamides is 1. The van der Waals surface area contributed by atoms with Crippen molar-refractivity contribution in [2.24, 2.45) is 0 Å². The molecule has 4 heterocycles. The molecular formula is C20H28N2O6S. The number of nitrogens with one attached hydrogen (secondary N) is 1. The molecule has 4 aliphatic heterocycles. The van der Waals surface area contributed by atoms with Crippen LogP contribution in [-0.2, 0) is 24.3 Å². The number of para-hydroxylation sites is 1. The maximum Gasteiger partial charge on any atom is 0.260 e. The van der Waals surface area contributed by atoms with Crippen LogP contribution in [0.2, 0.25) is 0 Å². The number of carbonyl (C=O) groups excluding carboxylic acids is 1. The molecule has 4 aliphatic rings. The van der Waals surface area contributed by atoms with E-state index in [1.165, 1.54) is 0 Å². The standard InChI is InChI=1S/C20H28N2O6S/c1-29(24,25)21-16-6-4-10-22-17(16)12-26-14-8-9-19(27-11-14)15-5-2-3-7-18(15)28-13-20(22)23/h2-3,5,7,14,16-17,19,21H,4,6,8-13H2,1H3/t14-,16?,17+,19?/m1/s1. The maximum absolute atomic E-state index is 13.0. The Balaban J connectivity index is 1.61. The van der Waals surface area contributed by atoms with Crippen molar-refractivity contribution in [3.63, 3.8) is 0 Å². The first kappa shape index (κ1) is 20.6. The van der Waals surface area contributed by atoms with Gasteiger partial charge in [-0.25, -0.2) is 13.1 Å². The molecule has 1 aromatic rings. The second-order valence-electron chi connectivity index (χ2n) is 7.97. The van der Waals surface area contributed by atoms with Gasteiger partial charge in [-0.3, -0.25) is 4.79 Å². The molecule has 4 atom stereocenters. The molecule has 0 aromatic heterocycles. The molecule has 1 N–H and O–H groups in total. The van der Waals surface area contributed by atoms with E-state index in [1.54, 1.807) is 4.90 Å². The van der Waals surface area contributed by atoms with Crippen molar-refractivity contribution in [2.75, 3.05) is 32.6 Å². The monoisotopic (exact) mass is 424 g/mol. The number of hydrogen-bond donors (Lipinski definition) is 1. The molecule has 2 unspecified atom stereocenters. The summed E-state index contributed by atoms with van der Waals surface area (Å²) in [6.45, 7) is 1.19. The third kappa shape index (κ3) is 4.91. The molecule has 160 valence electrons. The highest BCUT2D eigenvalue weighted by molar-refractivity contribution is 7.88. The molecule has 1 amide bonds. The third-order valence-corrected chi connectivity index (χ3v) is 6.55. The molecular weight excluding hydrogens is 396 g/mol. The Labute approximate surface area is 171 Å². The fraction of sp³-hybridized carbons (Fsp3) is 0.650. The Hall–Kier alpha value is -1.68. The van der Waals surface area contributed by atoms with Crippen molar-refractivity contribution in [3.05, 3.63) is 29.8 Å². The van der Waals surface area contributed by atoms with E-state index in [2.05, 4.69) is 4.72 Å². The largest absolute Gasteiger partial charge is 0.483 e. The van der Waals surface area contributed by atoms with Crippen LogP contribution < -0.4 is 9.46 Å². The summed E-state index contributed by atoms with van der Waals surface area (Å²) in [6.07, 6.45) is 4.02. The highest BCUT2D eigenvalue weighted by Crippen LogP contribution is 2.35. The summed E-state index contributed by atoms with van der Waals surface area (Å²) in [5.74, 6) is 0.491. The van der Waals surface area contributed by atoms with E-state index in [4.69, 9.17) is 14.2 Å². The minimum absolute atomic E-state index is 0.0714. The lowest BCUT2D eigenvalue weighted by molar-refractivity contribution is -0.142. The molecule has 5 rings (SSSR count). The molecule has 2 saturated heterocycles. The SMILES string of the molecule is CS(=O)(=O)NC1CCCN2C(=O)COc3ccccc3C3CC[C@H](CO3)OC[C@@H]12. The number of piperidine rings is 1. The number of benzene rings is 1. The first-order chi connectivity index (χ1) is 13.9. The van der Waals surface area contributed by atoms with E-state index in [0.717, 1.165) is 31.1 Å². The Morgan fingerprint density at radius 2 is 1.93 bits per heavy atom. The number of nitrogens with zero attached hydrogens (tertiary/aromatic N) is 1. The van der Waals surface area contributed by atoms with Gasteiger partial charge in [-0.1, -0.05) is 18.2 Å². The summed E-state index contributed by atoms with van der Waals surface area (Å²) in [7, 11) is -3.40. The molecule has 0 aliphatic carbocycles. The minimum atomic E-state index is -3.40. The fourth-order valence-electron chi connectivity index (χ4n) is 4.42. The Morgan fingerprint density at radius 1 is 1.10 bits per heavy atom. The van der Waals surface area contributed by atoms with Crippen LogP contribution in [0.4, 0.5) is 0 Å². The van der Waals surface area contributed by atoms with Gasteiger partial charge >= 0.3 is 0 Å². The normalized spacial score (nSPS) is 30.9. The van der Waals surface area contributed by atoms with Crippen molar-refractivity contribution < 1.29 is 27.4 Å². The van der Waals surface area contributed by atoms with E-state index >= 15 is 0 Å². The zero-order chi connectivity index (χ0) is 20.4. The number of ether oxygens (including phenoxy) is 3. The summed E-state index contributed by atoms with van der Waals surface area (Å²) >= 11 is 0. The van der Waals surface area contributed by atoms with Crippen LogP contribution >= 0.6 is 0 Å². The topological polar surface area (TPSA) is 94.2 Å². The van der Waals surface area contributed by atoms with Gasteiger partial charge in [-0.05, 0) is 31.7 Å². The van der Waals surface area contributed by atoms with Gasteiger partial charge in [0, 0.05) is 18.2 Å². The number of carbonyl (C=O) groups is 1. The van der Waals surface area contributed by atoms with Gasteiger partial charge in [0.2, 0.25) is 10.0 Å². The highest BCUT2D eigenvalue weighted by Gasteiger charge is 2.37. The van der Waals surface area contributed by atoms with Crippen LogP contribution in [0.15, 0.2) is 24.3 Å². The van der Waals surface area contributed by atoms with Gasteiger partial charge in [0.1, 0.15) is 5.75 Å². The van der Waals surface area contributed by atoms with Gasteiger partial charge in [-0.15, -0.1) is 0 Å². The van der Waals surface area contributed by atoms with Crippen molar-refractivity contribution in [1.82, 2.24) is 9.62 Å². The number of amides is 1. The quantitative estimate of drug-likeness (QED) is 0.767. The van der Waals surface area contributed by atoms with Gasteiger partial charge in [0.05, 0.1) is 37.7 Å². The van der Waals surface area contributed by atoms with Gasteiger partial charge in [0.25, 0.3) is 5.91 Å². The third-order valence-electron chi connectivity index (χ3n) is 5.82. The lowest BCUT2D eigenvalue weighted by atomic mass is 9.97. The molecule has 2 fully saturated rings. The Kier molecular flexibility index (Phi) is 6.10.